The van der Waals surface area contributed by atoms with Crippen LogP contribution in [0.5, 0.6) is 0 Å². The molecule has 2 aliphatic heterocycles. The molecule has 0 atom stereocenters. The molecule has 0 radical (unpaired) electrons. The van der Waals surface area contributed by atoms with E-state index in [4.69, 9.17) is 4.74 Å². The van der Waals surface area contributed by atoms with Crippen LogP contribution in [0.3, 0.4) is 0 Å². The molecule has 0 aliphatic carbocycles. The molecule has 2 aliphatic rings. The molecule has 0 bridgehead atoms. The van der Waals surface area contributed by atoms with E-state index < -0.39 is 11.7 Å². The van der Waals surface area contributed by atoms with E-state index in [1.165, 1.54) is 4.90 Å². The fourth-order valence-corrected chi connectivity index (χ4v) is 5.80. The Morgan fingerprint density at radius 1 is 0.766 bits per heavy atom. The van der Waals surface area contributed by atoms with E-state index in [0.29, 0.717) is 50.4 Å². The summed E-state index contributed by atoms with van der Waals surface area (Å²) in [7, 11) is 0. The minimum atomic E-state index is -0.639. The lowest BCUT2D eigenvalue weighted by molar-refractivity contribution is -0.131. The van der Waals surface area contributed by atoms with E-state index in [-0.39, 0.29) is 42.4 Å². The average molecular weight is 650 g/mol. The molecular weight excluding hydrogens is 598 g/mol. The lowest BCUT2D eigenvalue weighted by Gasteiger charge is -2.38. The van der Waals surface area contributed by atoms with Crippen LogP contribution in [0, 0.1) is 5.92 Å². The van der Waals surface area contributed by atoms with Gasteiger partial charge in [0.2, 0.25) is 11.8 Å². The van der Waals surface area contributed by atoms with Crippen molar-refractivity contribution in [2.24, 2.45) is 5.92 Å². The summed E-state index contributed by atoms with van der Waals surface area (Å²) in [4.78, 5) is 73.5. The van der Waals surface area contributed by atoms with Gasteiger partial charge in [-0.15, -0.1) is 0 Å². The van der Waals surface area contributed by atoms with Crippen LogP contribution in [0.25, 0.3) is 0 Å². The Balaban J connectivity index is 0.000000267. The number of hydrogen-bond acceptors (Lipinski definition) is 8. The van der Waals surface area contributed by atoms with Crippen LogP contribution in [0.1, 0.15) is 84.5 Å². The number of amides is 3. The number of likely N-dealkylation sites (tertiary alicyclic amines) is 2. The van der Waals surface area contributed by atoms with E-state index in [1.807, 2.05) is 29.2 Å². The third-order valence-corrected chi connectivity index (χ3v) is 8.43. The molecule has 256 valence electrons. The molecule has 4 heterocycles. The SMILES string of the molecule is CC(=O)N1CCC(CCC(=O)Cc2ccccn2)CC1.CC(=O)N1CCC(N(CC(=O)Cc2ccccn2)C(=O)OC(C)(C)C)CC1. The number of aromatic nitrogens is 2. The number of carbonyl (C=O) groups is 5. The normalized spacial score (nSPS) is 15.7. The van der Waals surface area contributed by atoms with Crippen molar-refractivity contribution in [1.29, 1.82) is 0 Å². The number of ketones is 2. The third-order valence-electron chi connectivity index (χ3n) is 8.43. The van der Waals surface area contributed by atoms with Gasteiger partial charge in [0.15, 0.2) is 5.78 Å². The van der Waals surface area contributed by atoms with Gasteiger partial charge in [-0.3, -0.25) is 34.0 Å². The molecule has 0 unspecified atom stereocenters. The molecule has 0 spiro atoms. The Morgan fingerprint density at radius 3 is 1.70 bits per heavy atom. The smallest absolute Gasteiger partial charge is 0.410 e. The molecule has 0 N–H and O–H groups in total. The van der Waals surface area contributed by atoms with Crippen molar-refractivity contribution >= 4 is 29.5 Å². The first-order chi connectivity index (χ1) is 22.3. The molecule has 0 saturated carbocycles. The van der Waals surface area contributed by atoms with Crippen molar-refractivity contribution in [3.05, 3.63) is 60.2 Å². The second kappa shape index (κ2) is 18.3. The van der Waals surface area contributed by atoms with E-state index in [2.05, 4.69) is 9.97 Å². The quantitative estimate of drug-likeness (QED) is 0.363. The molecule has 0 aromatic carbocycles. The first-order valence-electron chi connectivity index (χ1n) is 16.6. The monoisotopic (exact) mass is 649 g/mol. The summed E-state index contributed by atoms with van der Waals surface area (Å²) in [5.41, 5.74) is 0.890. The van der Waals surface area contributed by atoms with Crippen molar-refractivity contribution in [3.8, 4) is 0 Å². The number of piperidine rings is 2. The highest BCUT2D eigenvalue weighted by molar-refractivity contribution is 5.85. The minimum Gasteiger partial charge on any atom is -0.444 e. The molecular formula is C36H51N5O6. The molecule has 3 amide bonds. The highest BCUT2D eigenvalue weighted by Gasteiger charge is 2.33. The topological polar surface area (TPSA) is 130 Å². The second-order valence-electron chi connectivity index (χ2n) is 13.4. The van der Waals surface area contributed by atoms with E-state index in [1.54, 1.807) is 64.0 Å². The fraction of sp³-hybridized carbons (Fsp3) is 0.583. The molecule has 4 rings (SSSR count). The van der Waals surface area contributed by atoms with Crippen LogP contribution < -0.4 is 0 Å². The van der Waals surface area contributed by atoms with Gasteiger partial charge in [0, 0.05) is 82.7 Å². The Labute approximate surface area is 279 Å². The highest BCUT2D eigenvalue weighted by Crippen LogP contribution is 2.23. The van der Waals surface area contributed by atoms with Gasteiger partial charge in [0.05, 0.1) is 13.0 Å². The van der Waals surface area contributed by atoms with E-state index >= 15 is 0 Å². The molecule has 2 saturated heterocycles. The predicted octanol–water partition coefficient (Wildman–Crippen LogP) is 4.67. The molecule has 2 aromatic rings. The summed E-state index contributed by atoms with van der Waals surface area (Å²) >= 11 is 0. The standard InChI is InChI=1S/C20H29N3O4.C16H22N2O2/c1-15(24)22-11-8-17(9-12-22)23(19(26)27-20(2,3)4)14-18(25)13-16-7-5-6-10-21-16;1-13(19)18-10-7-14(8-11-18)5-6-16(20)12-15-4-2-3-9-17-15/h5-7,10,17H,8-9,11-14H2,1-4H3;2-4,9,14H,5-8,10-12H2,1H3. The Hall–Kier alpha value is -4.15. The van der Waals surface area contributed by atoms with Crippen molar-refractivity contribution in [3.63, 3.8) is 0 Å². The largest absolute Gasteiger partial charge is 0.444 e. The van der Waals surface area contributed by atoms with Gasteiger partial charge < -0.3 is 14.5 Å². The van der Waals surface area contributed by atoms with Gasteiger partial charge in [-0.1, -0.05) is 12.1 Å². The average Bonchev–Trinajstić information content (AvgIpc) is 3.03. The van der Waals surface area contributed by atoms with Crippen LogP contribution in [0.4, 0.5) is 4.79 Å². The van der Waals surface area contributed by atoms with Crippen molar-refractivity contribution in [2.45, 2.75) is 97.6 Å². The summed E-state index contributed by atoms with van der Waals surface area (Å²) < 4.78 is 5.52. The molecule has 2 aromatic heterocycles. The number of hydrogen-bond donors (Lipinski definition) is 0. The summed E-state index contributed by atoms with van der Waals surface area (Å²) in [5.74, 6) is 0.947. The maximum absolute atomic E-state index is 12.7. The maximum Gasteiger partial charge on any atom is 0.410 e. The summed E-state index contributed by atoms with van der Waals surface area (Å²) in [6.07, 6.45) is 8.38. The molecule has 2 fully saturated rings. The van der Waals surface area contributed by atoms with Crippen molar-refractivity contribution in [1.82, 2.24) is 24.7 Å². The van der Waals surface area contributed by atoms with Crippen LogP contribution in [-0.2, 0) is 36.8 Å². The molecule has 11 nitrogen and oxygen atoms in total. The fourth-order valence-electron chi connectivity index (χ4n) is 5.80. The van der Waals surface area contributed by atoms with Gasteiger partial charge in [0.1, 0.15) is 11.4 Å². The van der Waals surface area contributed by atoms with Crippen LogP contribution in [-0.4, -0.2) is 98.5 Å². The zero-order valence-electron chi connectivity index (χ0n) is 28.7. The minimum absolute atomic E-state index is 0.0176. The van der Waals surface area contributed by atoms with Gasteiger partial charge in [-0.05, 0) is 83.1 Å². The number of rotatable bonds is 10. The predicted molar refractivity (Wildman–Crippen MR) is 178 cm³/mol. The van der Waals surface area contributed by atoms with Crippen molar-refractivity contribution < 1.29 is 28.7 Å². The lowest BCUT2D eigenvalue weighted by atomic mass is 9.91. The summed E-state index contributed by atoms with van der Waals surface area (Å²) in [6, 6.07) is 11.0. The highest BCUT2D eigenvalue weighted by atomic mass is 16.6. The maximum atomic E-state index is 12.7. The van der Waals surface area contributed by atoms with Gasteiger partial charge in [-0.25, -0.2) is 4.79 Å². The molecule has 11 heteroatoms. The first-order valence-corrected chi connectivity index (χ1v) is 16.6. The van der Waals surface area contributed by atoms with Crippen molar-refractivity contribution in [2.75, 3.05) is 32.7 Å². The third kappa shape index (κ3) is 13.6. The van der Waals surface area contributed by atoms with Gasteiger partial charge in [0.25, 0.3) is 0 Å². The van der Waals surface area contributed by atoms with Gasteiger partial charge in [-0.2, -0.15) is 0 Å². The number of Topliss-reactive ketones (excluding diaryl/α,β-unsaturated/α-hetero) is 2. The number of ether oxygens (including phenoxy) is 1. The lowest BCUT2D eigenvalue weighted by Crippen LogP contribution is -2.51. The van der Waals surface area contributed by atoms with Gasteiger partial charge >= 0.3 is 6.09 Å². The Kier molecular flexibility index (Phi) is 14.5. The summed E-state index contributed by atoms with van der Waals surface area (Å²) in [5, 5.41) is 0. The van der Waals surface area contributed by atoms with Crippen LogP contribution in [0.15, 0.2) is 48.8 Å². The van der Waals surface area contributed by atoms with E-state index in [9.17, 15) is 24.0 Å². The number of pyridine rings is 2. The van der Waals surface area contributed by atoms with E-state index in [0.717, 1.165) is 38.0 Å². The zero-order chi connectivity index (χ0) is 34.4. The first kappa shape index (κ1) is 37.3. The Bertz CT molecular complexity index is 1310. The molecule has 47 heavy (non-hydrogen) atoms. The number of carbonyl (C=O) groups excluding carboxylic acids is 5. The van der Waals surface area contributed by atoms with Crippen LogP contribution >= 0.6 is 0 Å². The second-order valence-corrected chi connectivity index (χ2v) is 13.4. The summed E-state index contributed by atoms with van der Waals surface area (Å²) in [6.45, 7) is 11.4. The van der Waals surface area contributed by atoms with Crippen LogP contribution in [0.2, 0.25) is 0 Å². The Morgan fingerprint density at radius 2 is 1.26 bits per heavy atom. The number of nitrogens with zero attached hydrogens (tertiary/aromatic N) is 5. The zero-order valence-corrected chi connectivity index (χ0v) is 28.7.